The molecule has 0 spiro atoms. The van der Waals surface area contributed by atoms with Gasteiger partial charge in [0.1, 0.15) is 5.58 Å². The third-order valence-corrected chi connectivity index (χ3v) is 6.19. The Kier molecular flexibility index (Phi) is 3.74. The van der Waals surface area contributed by atoms with Crippen LogP contribution in [0.4, 0.5) is 0 Å². The van der Waals surface area contributed by atoms with Crippen molar-refractivity contribution in [2.45, 2.75) is 38.9 Å². The smallest absolute Gasteiger partial charge is 0.464 e. The number of fused-ring (bicyclic) bond motifs is 2. The van der Waals surface area contributed by atoms with Crippen molar-refractivity contribution >= 4 is 34.3 Å². The van der Waals surface area contributed by atoms with Crippen LogP contribution in [0.1, 0.15) is 27.7 Å². The summed E-state index contributed by atoms with van der Waals surface area (Å²) >= 11 is 0. The maximum Gasteiger partial charge on any atom is 0.498 e. The van der Waals surface area contributed by atoms with E-state index in [0.717, 1.165) is 27.6 Å². The standard InChI is InChI=1S/C24H23BO3/c1-23(2)24(3,4)28-25(27-23)20-15-26-22-19(20)14-17-12-8-9-13-18(17)21(22)16-10-6-5-7-11-16/h5-15H,1-4H3. The summed E-state index contributed by atoms with van der Waals surface area (Å²) in [6, 6.07) is 21.0. The minimum atomic E-state index is -0.448. The minimum Gasteiger partial charge on any atom is -0.464 e. The molecule has 1 aromatic heterocycles. The van der Waals surface area contributed by atoms with Crippen LogP contribution in [0.5, 0.6) is 0 Å². The fourth-order valence-corrected chi connectivity index (χ4v) is 3.90. The van der Waals surface area contributed by atoms with Crippen LogP contribution in [0.25, 0.3) is 32.9 Å². The zero-order valence-corrected chi connectivity index (χ0v) is 16.7. The van der Waals surface area contributed by atoms with E-state index in [9.17, 15) is 0 Å². The molecule has 140 valence electrons. The Bertz CT molecular complexity index is 1160. The number of hydrogen-bond donors (Lipinski definition) is 0. The Morgan fingerprint density at radius 1 is 0.750 bits per heavy atom. The third-order valence-electron chi connectivity index (χ3n) is 6.19. The molecule has 0 atom stereocenters. The van der Waals surface area contributed by atoms with E-state index in [0.29, 0.717) is 0 Å². The molecule has 4 aromatic rings. The van der Waals surface area contributed by atoms with Crippen molar-refractivity contribution in [1.29, 1.82) is 0 Å². The molecule has 0 radical (unpaired) electrons. The Hall–Kier alpha value is -2.56. The van der Waals surface area contributed by atoms with Crippen LogP contribution < -0.4 is 5.46 Å². The van der Waals surface area contributed by atoms with Gasteiger partial charge in [-0.15, -0.1) is 0 Å². The van der Waals surface area contributed by atoms with Crippen LogP contribution in [-0.4, -0.2) is 18.3 Å². The second-order valence-corrected chi connectivity index (χ2v) is 8.49. The molecule has 3 nitrogen and oxygen atoms in total. The summed E-state index contributed by atoms with van der Waals surface area (Å²) in [7, 11) is -0.448. The lowest BCUT2D eigenvalue weighted by atomic mass is 9.78. The summed E-state index contributed by atoms with van der Waals surface area (Å²) < 4.78 is 18.7. The average molecular weight is 370 g/mol. The summed E-state index contributed by atoms with van der Waals surface area (Å²) in [6.45, 7) is 8.28. The molecule has 3 aromatic carbocycles. The van der Waals surface area contributed by atoms with Gasteiger partial charge in [-0.3, -0.25) is 0 Å². The molecule has 0 N–H and O–H groups in total. The Labute approximate surface area is 165 Å². The molecule has 0 saturated carbocycles. The van der Waals surface area contributed by atoms with E-state index in [1.807, 2.05) is 6.07 Å². The second-order valence-electron chi connectivity index (χ2n) is 8.49. The van der Waals surface area contributed by atoms with E-state index in [-0.39, 0.29) is 11.2 Å². The molecule has 0 bridgehead atoms. The molecule has 0 unspecified atom stereocenters. The molecule has 1 saturated heterocycles. The van der Waals surface area contributed by atoms with Crippen molar-refractivity contribution in [3.05, 3.63) is 66.9 Å². The molecule has 0 amide bonds. The molecule has 2 heterocycles. The predicted octanol–water partition coefficient (Wildman–Crippen LogP) is 5.55. The summed E-state index contributed by atoms with van der Waals surface area (Å²) in [4.78, 5) is 0. The van der Waals surface area contributed by atoms with E-state index in [4.69, 9.17) is 13.7 Å². The lowest BCUT2D eigenvalue weighted by Crippen LogP contribution is -2.41. The number of hydrogen-bond acceptors (Lipinski definition) is 3. The van der Waals surface area contributed by atoms with Gasteiger partial charge in [-0.05, 0) is 50.1 Å². The van der Waals surface area contributed by atoms with E-state index in [1.165, 1.54) is 10.8 Å². The normalized spacial score (nSPS) is 18.2. The largest absolute Gasteiger partial charge is 0.498 e. The van der Waals surface area contributed by atoms with Crippen molar-refractivity contribution in [2.75, 3.05) is 0 Å². The highest BCUT2D eigenvalue weighted by Gasteiger charge is 2.52. The molecule has 1 fully saturated rings. The van der Waals surface area contributed by atoms with Gasteiger partial charge in [0.25, 0.3) is 0 Å². The van der Waals surface area contributed by atoms with Crippen molar-refractivity contribution in [1.82, 2.24) is 0 Å². The van der Waals surface area contributed by atoms with Gasteiger partial charge in [0.2, 0.25) is 0 Å². The van der Waals surface area contributed by atoms with Crippen LogP contribution in [0.15, 0.2) is 71.3 Å². The summed E-state index contributed by atoms with van der Waals surface area (Å²) in [5, 5.41) is 3.39. The van der Waals surface area contributed by atoms with Gasteiger partial charge in [0.05, 0.1) is 17.5 Å². The first-order valence-electron chi connectivity index (χ1n) is 9.71. The van der Waals surface area contributed by atoms with Crippen LogP contribution in [0.3, 0.4) is 0 Å². The first-order valence-corrected chi connectivity index (χ1v) is 9.71. The zero-order chi connectivity index (χ0) is 19.5. The lowest BCUT2D eigenvalue weighted by molar-refractivity contribution is 0.00578. The topological polar surface area (TPSA) is 31.6 Å². The Morgan fingerprint density at radius 3 is 2.11 bits per heavy atom. The van der Waals surface area contributed by atoms with Gasteiger partial charge in [0, 0.05) is 16.4 Å². The van der Waals surface area contributed by atoms with Crippen LogP contribution >= 0.6 is 0 Å². The Balaban J connectivity index is 1.77. The summed E-state index contributed by atoms with van der Waals surface area (Å²) in [6.07, 6.45) is 1.79. The third kappa shape index (κ3) is 2.52. The van der Waals surface area contributed by atoms with Crippen LogP contribution in [0.2, 0.25) is 0 Å². The highest BCUT2D eigenvalue weighted by atomic mass is 16.7. The molecule has 1 aliphatic heterocycles. The SMILES string of the molecule is CC1(C)OB(c2coc3c(-c4ccccc4)c4ccccc4cc23)OC1(C)C. The van der Waals surface area contributed by atoms with Gasteiger partial charge in [-0.2, -0.15) is 0 Å². The van der Waals surface area contributed by atoms with Gasteiger partial charge in [-0.1, -0.05) is 54.6 Å². The molecule has 28 heavy (non-hydrogen) atoms. The number of rotatable bonds is 2. The highest BCUT2D eigenvalue weighted by Crippen LogP contribution is 2.40. The number of furan rings is 1. The zero-order valence-electron chi connectivity index (χ0n) is 16.7. The van der Waals surface area contributed by atoms with Gasteiger partial charge in [-0.25, -0.2) is 0 Å². The molecular weight excluding hydrogens is 347 g/mol. The van der Waals surface area contributed by atoms with Crippen LogP contribution in [0, 0.1) is 0 Å². The van der Waals surface area contributed by atoms with Crippen molar-refractivity contribution in [3.8, 4) is 11.1 Å². The fourth-order valence-electron chi connectivity index (χ4n) is 3.90. The van der Waals surface area contributed by atoms with E-state index < -0.39 is 7.12 Å². The first kappa shape index (κ1) is 17.5. The second kappa shape index (κ2) is 5.97. The first-order chi connectivity index (χ1) is 13.4. The minimum absolute atomic E-state index is 0.389. The molecule has 4 heteroatoms. The lowest BCUT2D eigenvalue weighted by Gasteiger charge is -2.32. The van der Waals surface area contributed by atoms with Gasteiger partial charge < -0.3 is 13.7 Å². The van der Waals surface area contributed by atoms with Gasteiger partial charge >= 0.3 is 7.12 Å². The van der Waals surface area contributed by atoms with Crippen molar-refractivity contribution < 1.29 is 13.7 Å². The maximum atomic E-state index is 6.29. The highest BCUT2D eigenvalue weighted by molar-refractivity contribution is 6.65. The van der Waals surface area contributed by atoms with Crippen molar-refractivity contribution in [3.63, 3.8) is 0 Å². The van der Waals surface area contributed by atoms with Crippen molar-refractivity contribution in [2.24, 2.45) is 0 Å². The molecule has 5 rings (SSSR count). The molecular formula is C24H23BO3. The van der Waals surface area contributed by atoms with E-state index in [1.54, 1.807) is 6.26 Å². The quantitative estimate of drug-likeness (QED) is 0.434. The van der Waals surface area contributed by atoms with Gasteiger partial charge in [0.15, 0.2) is 0 Å². The van der Waals surface area contributed by atoms with E-state index in [2.05, 4.69) is 82.3 Å². The average Bonchev–Trinajstić information content (AvgIpc) is 3.17. The fraction of sp³-hybridized carbons (Fsp3) is 0.250. The van der Waals surface area contributed by atoms with Crippen LogP contribution in [-0.2, 0) is 9.31 Å². The summed E-state index contributed by atoms with van der Waals surface area (Å²) in [5.41, 5.74) is 3.28. The maximum absolute atomic E-state index is 6.29. The van der Waals surface area contributed by atoms with E-state index >= 15 is 0 Å². The predicted molar refractivity (Wildman–Crippen MR) is 115 cm³/mol. The molecule has 0 aliphatic carbocycles. The number of benzene rings is 3. The monoisotopic (exact) mass is 370 g/mol. The molecule has 1 aliphatic rings. The summed E-state index contributed by atoms with van der Waals surface area (Å²) in [5.74, 6) is 0. The Morgan fingerprint density at radius 2 is 1.39 bits per heavy atom.